The highest BCUT2D eigenvalue weighted by atomic mass is 79.9. The molecule has 0 radical (unpaired) electrons. The van der Waals surface area contributed by atoms with Crippen molar-refractivity contribution in [2.75, 3.05) is 57.8 Å². The Labute approximate surface area is 535 Å². The van der Waals surface area contributed by atoms with Crippen molar-refractivity contribution in [3.63, 3.8) is 0 Å². The van der Waals surface area contributed by atoms with Crippen LogP contribution in [0.1, 0.15) is 141 Å². The Morgan fingerprint density at radius 2 is 0.733 bits per heavy atom. The van der Waals surface area contributed by atoms with Gasteiger partial charge in [0, 0.05) is 97.0 Å². The fraction of sp³-hybridized carbons (Fsp3) is 0.379. The van der Waals surface area contributed by atoms with Crippen molar-refractivity contribution in [3.05, 3.63) is 115 Å². The van der Waals surface area contributed by atoms with Crippen LogP contribution in [0.3, 0.4) is 0 Å². The van der Waals surface area contributed by atoms with Gasteiger partial charge in [0.25, 0.3) is 0 Å². The van der Waals surface area contributed by atoms with Gasteiger partial charge in [-0.15, -0.1) is 0 Å². The Bertz CT molecular complexity index is 3420. The third kappa shape index (κ3) is 20.6. The van der Waals surface area contributed by atoms with Gasteiger partial charge in [-0.1, -0.05) is 62.3 Å². The molecule has 8 aromatic heterocycles. The van der Waals surface area contributed by atoms with E-state index in [4.69, 9.17) is 41.9 Å². The minimum absolute atomic E-state index is 0.231. The molecular weight excluding hydrogens is 1360 g/mol. The highest BCUT2D eigenvalue weighted by molar-refractivity contribution is 9.11. The van der Waals surface area contributed by atoms with Crippen LogP contribution in [0, 0.1) is 0 Å². The SMILES string of the molecule is CC(C)Nc1ncc(Oc2cc(Br)ncc2C(C)C)c(N)n1.CC(C)c1cnc(Br)cc1Oc1cnc(NC2CC2)nc1N.CCCNc1ncc(Oc2cc(Br)ncc2C(C)C)c(N)n1.CNc1ncc(Oc2cc(Br)ncc2C(C)C)c(N)n1. The second-order valence-electron chi connectivity index (χ2n) is 20.9. The number of nitrogens with two attached hydrogens (primary N) is 4. The van der Waals surface area contributed by atoms with Gasteiger partial charge >= 0.3 is 0 Å². The topological polar surface area (TPSA) is 344 Å². The molecule has 28 heteroatoms. The lowest BCUT2D eigenvalue weighted by Gasteiger charge is -2.15. The minimum atomic E-state index is 0.231. The van der Waals surface area contributed by atoms with E-state index >= 15 is 0 Å². The molecule has 0 saturated heterocycles. The van der Waals surface area contributed by atoms with Gasteiger partial charge < -0.3 is 63.1 Å². The summed E-state index contributed by atoms with van der Waals surface area (Å²) < 4.78 is 26.3. The van der Waals surface area contributed by atoms with Crippen LogP contribution < -0.4 is 63.1 Å². The highest BCUT2D eigenvalue weighted by Crippen LogP contribution is 2.38. The zero-order valence-corrected chi connectivity index (χ0v) is 56.4. The largest absolute Gasteiger partial charge is 0.451 e. The van der Waals surface area contributed by atoms with Gasteiger partial charge in [-0.3, -0.25) is 0 Å². The van der Waals surface area contributed by atoms with Gasteiger partial charge in [0.2, 0.25) is 23.8 Å². The molecule has 0 unspecified atom stereocenters. The molecule has 86 heavy (non-hydrogen) atoms. The van der Waals surface area contributed by atoms with Gasteiger partial charge in [-0.2, -0.15) is 19.9 Å². The van der Waals surface area contributed by atoms with Gasteiger partial charge in [-0.05, 0) is 121 Å². The van der Waals surface area contributed by atoms with Crippen molar-refractivity contribution in [3.8, 4) is 46.0 Å². The first-order valence-electron chi connectivity index (χ1n) is 27.7. The Hall–Kier alpha value is -7.56. The summed E-state index contributed by atoms with van der Waals surface area (Å²) in [5, 5.41) is 12.2. The van der Waals surface area contributed by atoms with Crippen LogP contribution in [0.4, 0.5) is 47.1 Å². The number of hydrogen-bond donors (Lipinski definition) is 8. The molecule has 1 aliphatic carbocycles. The average molecular weight is 1430 g/mol. The van der Waals surface area contributed by atoms with E-state index in [0.29, 0.717) is 112 Å². The first-order valence-corrected chi connectivity index (χ1v) is 30.9. The number of pyridine rings is 4. The predicted octanol–water partition coefficient (Wildman–Crippen LogP) is 14.8. The maximum Gasteiger partial charge on any atom is 0.225 e. The van der Waals surface area contributed by atoms with Crippen LogP contribution in [0.15, 0.2) is 92.3 Å². The smallest absolute Gasteiger partial charge is 0.225 e. The Kier molecular flexibility index (Phi) is 25.3. The molecule has 8 aromatic rings. The third-order valence-electron chi connectivity index (χ3n) is 12.0. The van der Waals surface area contributed by atoms with Crippen LogP contribution in [0.25, 0.3) is 0 Å². The fourth-order valence-corrected chi connectivity index (χ4v) is 8.60. The summed E-state index contributed by atoms with van der Waals surface area (Å²) in [5.41, 5.74) is 27.8. The molecule has 1 fully saturated rings. The first kappa shape index (κ1) is 67.6. The van der Waals surface area contributed by atoms with Crippen molar-refractivity contribution in [1.29, 1.82) is 0 Å². The van der Waals surface area contributed by atoms with E-state index in [1.807, 2.05) is 32.0 Å². The van der Waals surface area contributed by atoms with E-state index in [2.05, 4.69) is 207 Å². The predicted molar refractivity (Wildman–Crippen MR) is 354 cm³/mol. The normalized spacial score (nSPS) is 11.7. The highest BCUT2D eigenvalue weighted by Gasteiger charge is 2.23. The molecular formula is C58H74Br4N20O4. The van der Waals surface area contributed by atoms with E-state index in [9.17, 15) is 0 Å². The monoisotopic (exact) mass is 1430 g/mol. The van der Waals surface area contributed by atoms with Crippen LogP contribution in [-0.2, 0) is 0 Å². The zero-order valence-electron chi connectivity index (χ0n) is 50.0. The van der Waals surface area contributed by atoms with E-state index in [-0.39, 0.29) is 35.5 Å². The van der Waals surface area contributed by atoms with Crippen molar-refractivity contribution in [2.24, 2.45) is 0 Å². The summed E-state index contributed by atoms with van der Waals surface area (Å²) in [7, 11) is 1.73. The summed E-state index contributed by atoms with van der Waals surface area (Å²) in [6, 6.07) is 7.98. The standard InChI is InChI=1S/C15H18BrN5O.2C15H20BrN5O.C13H16BrN5O/c1-8(2)10-6-18-13(16)5-11(10)22-12-7-19-15(21-14(12)17)20-9-3-4-9;1-8(2)10-6-18-13(16)5-11(10)22-12-7-19-15(20-9(3)4)21-14(12)17;1-4-5-18-15-20-8-12(14(17)21-15)22-11-6-13(16)19-7-10(11)9(2)3;1-7(2)8-5-17-11(14)4-9(8)20-10-6-18-13(16-3)19-12(10)15/h5-9H,3-4H2,1-2H3,(H3,17,19,20,21);5-9H,1-4H3,(H3,17,19,20,21);6-9H,4-5H2,1-3H3,(H3,17,18,20,21);4-7H,1-3H3,(H3,15,16,18,19). The van der Waals surface area contributed by atoms with Gasteiger partial charge in [0.05, 0.1) is 24.8 Å². The molecule has 0 aliphatic heterocycles. The molecule has 12 N–H and O–H groups in total. The molecule has 0 atom stereocenters. The number of rotatable bonds is 20. The lowest BCUT2D eigenvalue weighted by molar-refractivity contribution is 0.469. The molecule has 0 bridgehead atoms. The van der Waals surface area contributed by atoms with E-state index in [1.54, 1.807) is 62.7 Å². The van der Waals surface area contributed by atoms with E-state index < -0.39 is 0 Å². The molecule has 8 heterocycles. The quantitative estimate of drug-likeness (QED) is 0.0329. The summed E-state index contributed by atoms with van der Waals surface area (Å²) in [6.45, 7) is 23.5. The summed E-state index contributed by atoms with van der Waals surface area (Å²) in [6.07, 6.45) is 16.8. The third-order valence-corrected chi connectivity index (χ3v) is 13.8. The van der Waals surface area contributed by atoms with Crippen molar-refractivity contribution >= 4 is 111 Å². The summed E-state index contributed by atoms with van der Waals surface area (Å²) in [5.74, 6) is 8.82. The van der Waals surface area contributed by atoms with E-state index in [1.165, 1.54) is 0 Å². The Balaban J connectivity index is 0.000000184. The molecule has 0 amide bonds. The van der Waals surface area contributed by atoms with Crippen molar-refractivity contribution in [2.45, 2.75) is 131 Å². The number of nitrogen functional groups attached to an aromatic ring is 4. The Morgan fingerprint density at radius 1 is 0.430 bits per heavy atom. The minimum Gasteiger partial charge on any atom is -0.451 e. The van der Waals surface area contributed by atoms with Crippen LogP contribution in [0.2, 0.25) is 0 Å². The van der Waals surface area contributed by atoms with Crippen molar-refractivity contribution in [1.82, 2.24) is 59.8 Å². The average Bonchev–Trinajstić information content (AvgIpc) is 3.40. The number of nitrogens with zero attached hydrogens (tertiary/aromatic N) is 12. The van der Waals surface area contributed by atoms with Crippen LogP contribution in [-0.4, -0.2) is 85.5 Å². The van der Waals surface area contributed by atoms with E-state index in [0.717, 1.165) is 48.1 Å². The van der Waals surface area contributed by atoms with Gasteiger partial charge in [-0.25, -0.2) is 39.9 Å². The molecule has 0 spiro atoms. The summed E-state index contributed by atoms with van der Waals surface area (Å²) >= 11 is 13.4. The number of anilines is 8. The van der Waals surface area contributed by atoms with Gasteiger partial charge in [0.15, 0.2) is 46.3 Å². The molecule has 9 rings (SSSR count). The maximum atomic E-state index is 5.99. The molecule has 0 aromatic carbocycles. The molecule has 1 saturated carbocycles. The fourth-order valence-electron chi connectivity index (χ4n) is 7.36. The number of aromatic nitrogens is 12. The number of ether oxygens (including phenoxy) is 4. The second-order valence-corrected chi connectivity index (χ2v) is 24.1. The lowest BCUT2D eigenvalue weighted by Crippen LogP contribution is -2.13. The lowest BCUT2D eigenvalue weighted by atomic mass is 10.1. The second kappa shape index (κ2) is 32.3. The first-order chi connectivity index (χ1) is 40.9. The van der Waals surface area contributed by atoms with Crippen LogP contribution in [0.5, 0.6) is 46.0 Å². The molecule has 1 aliphatic rings. The van der Waals surface area contributed by atoms with Crippen LogP contribution >= 0.6 is 63.7 Å². The zero-order chi connectivity index (χ0) is 62.8. The summed E-state index contributed by atoms with van der Waals surface area (Å²) in [4.78, 5) is 50.5. The number of halogens is 4. The molecule has 458 valence electrons. The van der Waals surface area contributed by atoms with Gasteiger partial charge in [0.1, 0.15) is 41.4 Å². The number of hydrogen-bond acceptors (Lipinski definition) is 24. The molecule has 24 nitrogen and oxygen atoms in total. The maximum absolute atomic E-state index is 5.99. The Morgan fingerprint density at radius 3 is 1.03 bits per heavy atom. The number of nitrogens with one attached hydrogen (secondary N) is 4. The van der Waals surface area contributed by atoms with Crippen molar-refractivity contribution < 1.29 is 18.9 Å².